The van der Waals surface area contributed by atoms with Crippen molar-refractivity contribution in [2.24, 2.45) is 0 Å². The monoisotopic (exact) mass is 753 g/mol. The highest BCUT2D eigenvalue weighted by molar-refractivity contribution is 5.90. The fourth-order valence-electron chi connectivity index (χ4n) is 5.55. The van der Waals surface area contributed by atoms with Crippen molar-refractivity contribution in [2.45, 2.75) is 76.2 Å². The van der Waals surface area contributed by atoms with Crippen molar-refractivity contribution in [2.75, 3.05) is 29.6 Å². The first-order chi connectivity index (χ1) is 24.3. The number of anilines is 2. The molecule has 2 aromatic heterocycles. The Labute approximate surface area is 290 Å². The largest absolute Gasteiger partial charge is 0.488 e. The Morgan fingerprint density at radius 2 is 1.56 bits per heavy atom. The maximum atomic E-state index is 14.0. The van der Waals surface area contributed by atoms with Crippen molar-refractivity contribution in [1.29, 1.82) is 0 Å². The number of carboxylic acids is 1. The number of fused-ring (bicyclic) bond motifs is 1. The van der Waals surface area contributed by atoms with Gasteiger partial charge in [0.05, 0.1) is 54.2 Å². The lowest BCUT2D eigenvalue weighted by molar-refractivity contribution is -0.143. The summed E-state index contributed by atoms with van der Waals surface area (Å²) < 4.78 is 135. The summed E-state index contributed by atoms with van der Waals surface area (Å²) in [6, 6.07) is 0.216. The third kappa shape index (κ3) is 9.91. The molecule has 0 saturated heterocycles. The lowest BCUT2D eigenvalue weighted by Crippen LogP contribution is -2.48. The van der Waals surface area contributed by atoms with E-state index in [4.69, 9.17) is 19.7 Å². The Morgan fingerprint density at radius 3 is 2.10 bits per heavy atom. The number of aromatic nitrogens is 3. The Balaban J connectivity index is 1.87. The van der Waals surface area contributed by atoms with Crippen molar-refractivity contribution >= 4 is 23.7 Å². The van der Waals surface area contributed by atoms with Gasteiger partial charge in [0.1, 0.15) is 12.3 Å². The quantitative estimate of drug-likeness (QED) is 0.134. The number of nitrogens with zero attached hydrogens (tertiary/aromatic N) is 5. The average Bonchev–Trinajstić information content (AvgIpc) is 3.07. The van der Waals surface area contributed by atoms with Crippen LogP contribution < -0.4 is 14.5 Å². The highest BCUT2D eigenvalue weighted by atomic mass is 19.4. The summed E-state index contributed by atoms with van der Waals surface area (Å²) in [7, 11) is 0. The van der Waals surface area contributed by atoms with Gasteiger partial charge < -0.3 is 24.6 Å². The second-order valence-corrected chi connectivity index (χ2v) is 11.6. The fourth-order valence-corrected chi connectivity index (χ4v) is 5.55. The summed E-state index contributed by atoms with van der Waals surface area (Å²) >= 11 is 0. The minimum absolute atomic E-state index is 0.0152. The Hall–Kier alpha value is -4.88. The molecule has 0 bridgehead atoms. The molecule has 0 aliphatic carbocycles. The van der Waals surface area contributed by atoms with Gasteiger partial charge in [-0.05, 0) is 61.6 Å². The molecule has 3 heterocycles. The topological polar surface area (TPSA) is 138 Å². The molecule has 0 saturated carbocycles. The number of halogens is 9. The van der Waals surface area contributed by atoms with E-state index < -0.39 is 83.9 Å². The summed E-state index contributed by atoms with van der Waals surface area (Å²) in [6.07, 6.45) is -14.2. The van der Waals surface area contributed by atoms with E-state index in [2.05, 4.69) is 15.0 Å². The van der Waals surface area contributed by atoms with Crippen LogP contribution in [-0.2, 0) is 34.6 Å². The number of alkyl halides is 9. The molecule has 52 heavy (non-hydrogen) atoms. The van der Waals surface area contributed by atoms with Crippen LogP contribution in [0.25, 0.3) is 0 Å². The minimum atomic E-state index is -5.20. The highest BCUT2D eigenvalue weighted by Gasteiger charge is 2.44. The number of aliphatic carboxylic acids is 1. The summed E-state index contributed by atoms with van der Waals surface area (Å²) in [5.41, 5.74) is -5.81. The van der Waals surface area contributed by atoms with Crippen molar-refractivity contribution in [1.82, 2.24) is 15.0 Å². The smallest absolute Gasteiger partial charge is 0.433 e. The molecule has 0 fully saturated rings. The summed E-state index contributed by atoms with van der Waals surface area (Å²) in [6.45, 7) is 0.0370. The molecule has 2 atom stereocenters. The SMILES string of the molecule is CC[C@@H]1CC(N(Cc2cc(C(F)(F)F)cc(C(F)(F)F)c2)c2ncc(OCCO)cn2)c2nc(C(F)(F)F)ccc2N1C(=O)OCCCCC(=O)O. The van der Waals surface area contributed by atoms with Crippen LogP contribution in [0.2, 0.25) is 0 Å². The highest BCUT2D eigenvalue weighted by Crippen LogP contribution is 2.45. The van der Waals surface area contributed by atoms with E-state index >= 15 is 0 Å². The van der Waals surface area contributed by atoms with E-state index in [-0.39, 0.29) is 68.8 Å². The standard InChI is InChI=1S/C32H32F9N5O6/c1-2-21-14-24(27-23(6-7-25(44-27)32(39,40)41)46(21)29(50)52-9-4-3-5-26(48)49)45(28-42-15-22(16-43-28)51-10-8-47)17-18-11-19(30(33,34)35)13-20(12-18)31(36,37)38/h6-7,11-13,15-16,21,24,47H,2-5,8-10,14,17H2,1H3,(H,48,49)/t21-,24?/m1/s1. The number of hydrogen-bond donors (Lipinski definition) is 2. The molecule has 2 N–H and O–H groups in total. The van der Waals surface area contributed by atoms with Crippen LogP contribution in [-0.4, -0.2) is 63.1 Å². The Morgan fingerprint density at radius 1 is 0.923 bits per heavy atom. The first-order valence-electron chi connectivity index (χ1n) is 15.7. The van der Waals surface area contributed by atoms with Crippen LogP contribution >= 0.6 is 0 Å². The van der Waals surface area contributed by atoms with Crippen LogP contribution in [0.4, 0.5) is 55.9 Å². The van der Waals surface area contributed by atoms with Gasteiger partial charge in [0, 0.05) is 19.0 Å². The van der Waals surface area contributed by atoms with Crippen LogP contribution in [0.5, 0.6) is 5.75 Å². The molecular formula is C32H32F9N5O6. The number of rotatable bonds is 13. The number of carbonyl (C=O) groups excluding carboxylic acids is 1. The van der Waals surface area contributed by atoms with E-state index in [9.17, 15) is 49.1 Å². The van der Waals surface area contributed by atoms with Gasteiger partial charge in [-0.15, -0.1) is 0 Å². The van der Waals surface area contributed by atoms with Gasteiger partial charge in [0.2, 0.25) is 5.95 Å². The van der Waals surface area contributed by atoms with Gasteiger partial charge in [0.25, 0.3) is 0 Å². The van der Waals surface area contributed by atoms with Crippen molar-refractivity contribution in [3.8, 4) is 5.75 Å². The second kappa shape index (κ2) is 16.2. The van der Waals surface area contributed by atoms with Crippen molar-refractivity contribution in [3.05, 3.63) is 70.8 Å². The van der Waals surface area contributed by atoms with Crippen LogP contribution in [0.15, 0.2) is 42.7 Å². The van der Waals surface area contributed by atoms with E-state index in [0.717, 1.165) is 28.3 Å². The molecule has 1 unspecified atom stereocenters. The zero-order valence-corrected chi connectivity index (χ0v) is 27.2. The lowest BCUT2D eigenvalue weighted by Gasteiger charge is -2.43. The number of aliphatic hydroxyl groups excluding tert-OH is 1. The number of pyridine rings is 1. The molecule has 3 aromatic rings. The lowest BCUT2D eigenvalue weighted by atomic mass is 9.91. The first kappa shape index (κ1) is 39.9. The molecule has 20 heteroatoms. The number of ether oxygens (including phenoxy) is 2. The molecule has 0 radical (unpaired) electrons. The zero-order chi connectivity index (χ0) is 38.4. The van der Waals surface area contributed by atoms with Gasteiger partial charge in [-0.25, -0.2) is 19.7 Å². The third-order valence-electron chi connectivity index (χ3n) is 7.91. The van der Waals surface area contributed by atoms with Gasteiger partial charge >= 0.3 is 30.6 Å². The second-order valence-electron chi connectivity index (χ2n) is 11.6. The summed E-state index contributed by atoms with van der Waals surface area (Å²) in [5.74, 6) is -1.40. The normalized spacial score (nSPS) is 16.3. The minimum Gasteiger partial charge on any atom is -0.488 e. The van der Waals surface area contributed by atoms with Crippen LogP contribution in [0.1, 0.15) is 73.1 Å². The molecule has 1 amide bonds. The van der Waals surface area contributed by atoms with Crippen LogP contribution in [0, 0.1) is 0 Å². The third-order valence-corrected chi connectivity index (χ3v) is 7.91. The maximum Gasteiger partial charge on any atom is 0.433 e. The Kier molecular flexibility index (Phi) is 12.4. The molecule has 1 aliphatic heterocycles. The number of aliphatic hydroxyl groups is 1. The number of hydrogen-bond acceptors (Lipinski definition) is 9. The van der Waals surface area contributed by atoms with Crippen LogP contribution in [0.3, 0.4) is 0 Å². The van der Waals surface area contributed by atoms with E-state index in [1.165, 1.54) is 0 Å². The van der Waals surface area contributed by atoms with Crippen molar-refractivity contribution < 1.29 is 68.8 Å². The molecule has 0 spiro atoms. The van der Waals surface area contributed by atoms with Gasteiger partial charge in [-0.1, -0.05) is 6.92 Å². The molecule has 1 aromatic carbocycles. The number of amides is 1. The van der Waals surface area contributed by atoms with Gasteiger partial charge in [-0.3, -0.25) is 9.69 Å². The molecule has 284 valence electrons. The fraction of sp³-hybridized carbons (Fsp3) is 0.469. The van der Waals surface area contributed by atoms with Crippen molar-refractivity contribution in [3.63, 3.8) is 0 Å². The number of carboxylic acid groups (broad SMARTS) is 1. The number of benzene rings is 1. The zero-order valence-electron chi connectivity index (χ0n) is 27.2. The maximum absolute atomic E-state index is 14.0. The predicted octanol–water partition coefficient (Wildman–Crippen LogP) is 7.43. The van der Waals surface area contributed by atoms with E-state index in [1.54, 1.807) is 6.92 Å². The van der Waals surface area contributed by atoms with Gasteiger partial charge in [-0.2, -0.15) is 39.5 Å². The first-order valence-corrected chi connectivity index (χ1v) is 15.7. The van der Waals surface area contributed by atoms with Gasteiger partial charge in [0.15, 0.2) is 5.75 Å². The van der Waals surface area contributed by atoms with E-state index in [0.29, 0.717) is 18.2 Å². The molecule has 4 rings (SSSR count). The summed E-state index contributed by atoms with van der Waals surface area (Å²) in [4.78, 5) is 38.4. The number of unbranched alkanes of at least 4 members (excludes halogenated alkanes) is 1. The number of carbonyl (C=O) groups is 2. The summed E-state index contributed by atoms with van der Waals surface area (Å²) in [5, 5.41) is 17.9. The predicted molar refractivity (Wildman–Crippen MR) is 163 cm³/mol. The molecule has 11 nitrogen and oxygen atoms in total. The molecular weight excluding hydrogens is 721 g/mol. The van der Waals surface area contributed by atoms with E-state index in [1.807, 2.05) is 0 Å². The Bertz CT molecular complexity index is 1670. The average molecular weight is 754 g/mol. The molecule has 1 aliphatic rings.